The molecule has 1 aliphatic heterocycles. The minimum atomic E-state index is -0.958. The summed E-state index contributed by atoms with van der Waals surface area (Å²) in [4.78, 5) is 10.1. The molecule has 0 aromatic rings. The van der Waals surface area contributed by atoms with Crippen LogP contribution in [-0.4, -0.2) is 46.4 Å². The molecule has 4 unspecified atom stereocenters. The van der Waals surface area contributed by atoms with Crippen LogP contribution >= 0.6 is 15.9 Å². The van der Waals surface area contributed by atoms with Crippen molar-refractivity contribution in [2.24, 2.45) is 11.8 Å². The third-order valence-electron chi connectivity index (χ3n) is 4.15. The summed E-state index contributed by atoms with van der Waals surface area (Å²) >= 11 is 3.61. The fourth-order valence-electron chi connectivity index (χ4n) is 2.30. The predicted molar refractivity (Wildman–Crippen MR) is 114 cm³/mol. The van der Waals surface area contributed by atoms with E-state index >= 15 is 0 Å². The van der Waals surface area contributed by atoms with E-state index < -0.39 is 18.0 Å². The van der Waals surface area contributed by atoms with Gasteiger partial charge in [-0.3, -0.25) is 4.79 Å². The first-order chi connectivity index (χ1) is 12.6. The maximum Gasteiger partial charge on any atom is 0.308 e. The molecule has 1 aliphatic rings. The van der Waals surface area contributed by atoms with Crippen LogP contribution in [-0.2, 0) is 9.53 Å². The van der Waals surface area contributed by atoms with Gasteiger partial charge in [-0.2, -0.15) is 0 Å². The lowest BCUT2D eigenvalue weighted by atomic mass is 10.0. The number of hydrogen-bond donors (Lipinski definition) is 4. The van der Waals surface area contributed by atoms with E-state index in [1.807, 2.05) is 0 Å². The summed E-state index contributed by atoms with van der Waals surface area (Å²) < 4.78 is 6.18. The van der Waals surface area contributed by atoms with E-state index in [1.54, 1.807) is 0 Å². The lowest BCUT2D eigenvalue weighted by Gasteiger charge is -2.27. The van der Waals surface area contributed by atoms with E-state index in [4.69, 9.17) is 14.9 Å². The van der Waals surface area contributed by atoms with Crippen LogP contribution in [0, 0.1) is 11.8 Å². The zero-order valence-electron chi connectivity index (χ0n) is 17.5. The number of hydrogen-bond acceptors (Lipinski definition) is 5. The zero-order valence-corrected chi connectivity index (χ0v) is 19.0. The number of alkyl halides is 1. The van der Waals surface area contributed by atoms with E-state index in [1.165, 1.54) is 13.8 Å². The number of ether oxygens (including phenoxy) is 1. The van der Waals surface area contributed by atoms with Crippen molar-refractivity contribution in [2.45, 2.75) is 71.5 Å². The third kappa shape index (κ3) is 12.1. The quantitative estimate of drug-likeness (QED) is 0.231. The van der Waals surface area contributed by atoms with Crippen molar-refractivity contribution in [3.8, 4) is 0 Å². The van der Waals surface area contributed by atoms with Crippen molar-refractivity contribution in [3.63, 3.8) is 0 Å². The van der Waals surface area contributed by atoms with Crippen LogP contribution in [0.15, 0.2) is 23.6 Å². The zero-order chi connectivity index (χ0) is 21.0. The van der Waals surface area contributed by atoms with Gasteiger partial charge in [0.05, 0.1) is 18.1 Å². The Morgan fingerprint density at radius 3 is 2.37 bits per heavy atom. The molecule has 27 heavy (non-hydrogen) atoms. The number of carboxylic acids is 1. The highest BCUT2D eigenvalue weighted by Gasteiger charge is 2.20. The third-order valence-corrected chi connectivity index (χ3v) is 4.83. The number of aliphatic hydroxyl groups is 1. The highest BCUT2D eigenvalue weighted by Crippen LogP contribution is 2.22. The number of dihydropyridines is 1. The molecule has 0 saturated carbocycles. The van der Waals surface area contributed by atoms with Crippen molar-refractivity contribution < 1.29 is 19.7 Å². The highest BCUT2D eigenvalue weighted by atomic mass is 79.9. The topological polar surface area (TPSA) is 90.8 Å². The molecule has 0 bridgehead atoms. The van der Waals surface area contributed by atoms with Gasteiger partial charge in [-0.1, -0.05) is 36.7 Å². The number of nitrogens with one attached hydrogen (secondary N) is 2. The molecule has 0 spiro atoms. The Morgan fingerprint density at radius 1 is 1.33 bits per heavy atom. The molecule has 6 nitrogen and oxygen atoms in total. The van der Waals surface area contributed by atoms with Gasteiger partial charge in [0.15, 0.2) is 0 Å². The van der Waals surface area contributed by atoms with E-state index in [9.17, 15) is 4.79 Å². The number of rotatable bonds is 10. The molecule has 0 saturated heterocycles. The number of carbonyl (C=O) groups is 1. The molecular weight excluding hydrogens is 412 g/mol. The lowest BCUT2D eigenvalue weighted by Crippen LogP contribution is -2.31. The second-order valence-corrected chi connectivity index (χ2v) is 8.22. The molecule has 0 aromatic carbocycles. The molecule has 4 atom stereocenters. The van der Waals surface area contributed by atoms with Gasteiger partial charge in [0.25, 0.3) is 0 Å². The van der Waals surface area contributed by atoms with Crippen molar-refractivity contribution in [2.75, 3.05) is 13.1 Å². The number of carboxylic acid groups (broad SMARTS) is 1. The van der Waals surface area contributed by atoms with Gasteiger partial charge in [0.2, 0.25) is 0 Å². The van der Waals surface area contributed by atoms with Gasteiger partial charge < -0.3 is 25.6 Å². The Labute approximate surface area is 172 Å². The number of aliphatic carboxylic acids is 1. The fraction of sp³-hybridized carbons (Fsp3) is 0.750. The Kier molecular flexibility index (Phi) is 13.5. The monoisotopic (exact) mass is 448 g/mol. The fourth-order valence-corrected chi connectivity index (χ4v) is 2.92. The molecule has 0 aromatic heterocycles. The van der Waals surface area contributed by atoms with E-state index in [0.717, 1.165) is 37.4 Å². The van der Waals surface area contributed by atoms with Crippen molar-refractivity contribution in [3.05, 3.63) is 23.6 Å². The smallest absolute Gasteiger partial charge is 0.308 e. The Morgan fingerprint density at radius 2 is 1.96 bits per heavy atom. The molecular formula is C20H37BrN2O4. The minimum absolute atomic E-state index is 0.0892. The SMILES string of the molecule is CC(O)C(C)C(=O)O.CCNCCC(CC(C)C)OC1=CC=C(C)NC1Br. The van der Waals surface area contributed by atoms with Gasteiger partial charge in [0.1, 0.15) is 10.7 Å². The normalized spacial score (nSPS) is 19.7. The molecule has 7 heteroatoms. The molecule has 158 valence electrons. The van der Waals surface area contributed by atoms with Crippen LogP contribution in [0.25, 0.3) is 0 Å². The minimum Gasteiger partial charge on any atom is -0.492 e. The van der Waals surface area contributed by atoms with Crippen molar-refractivity contribution >= 4 is 21.9 Å². The van der Waals surface area contributed by atoms with Crippen LogP contribution in [0.4, 0.5) is 0 Å². The van der Waals surface area contributed by atoms with Crippen LogP contribution < -0.4 is 10.6 Å². The molecule has 0 fully saturated rings. The van der Waals surface area contributed by atoms with Crippen molar-refractivity contribution in [1.82, 2.24) is 10.6 Å². The van der Waals surface area contributed by atoms with E-state index in [2.05, 4.69) is 66.4 Å². The molecule has 1 heterocycles. The van der Waals surface area contributed by atoms with Gasteiger partial charge in [-0.25, -0.2) is 0 Å². The standard InChI is InChI=1S/C15H27BrN2O.C5H10O3/c1-5-17-9-8-13(10-11(2)3)19-14-7-6-12(4)18-15(14)16;1-3(4(2)6)5(7)8/h6-7,11,13,15,17-18H,5,8-10H2,1-4H3;3-4,6H,1-2H3,(H,7,8). The average Bonchev–Trinajstić information content (AvgIpc) is 2.56. The van der Waals surface area contributed by atoms with Gasteiger partial charge in [-0.05, 0) is 64.8 Å². The summed E-state index contributed by atoms with van der Waals surface area (Å²) in [6.45, 7) is 13.6. The summed E-state index contributed by atoms with van der Waals surface area (Å²) in [5.41, 5.74) is 1.15. The first kappa shape index (κ1) is 26.0. The van der Waals surface area contributed by atoms with Crippen LogP contribution in [0.3, 0.4) is 0 Å². The maximum absolute atomic E-state index is 9.98. The summed E-state index contributed by atoms with van der Waals surface area (Å²) in [5.74, 6) is 0.0116. The Bertz CT molecular complexity index is 492. The Hall–Kier alpha value is -1.05. The van der Waals surface area contributed by atoms with Gasteiger partial charge in [-0.15, -0.1) is 0 Å². The van der Waals surface area contributed by atoms with Gasteiger partial charge >= 0.3 is 5.97 Å². The van der Waals surface area contributed by atoms with Crippen molar-refractivity contribution in [1.29, 1.82) is 0 Å². The summed E-state index contributed by atoms with van der Waals surface area (Å²) in [7, 11) is 0. The number of allylic oxidation sites excluding steroid dienone is 3. The molecule has 4 N–H and O–H groups in total. The van der Waals surface area contributed by atoms with Crippen LogP contribution in [0.5, 0.6) is 0 Å². The molecule has 1 rings (SSSR count). The van der Waals surface area contributed by atoms with Crippen LogP contribution in [0.2, 0.25) is 0 Å². The van der Waals surface area contributed by atoms with Crippen LogP contribution in [0.1, 0.15) is 54.4 Å². The second kappa shape index (κ2) is 14.0. The van der Waals surface area contributed by atoms with E-state index in [0.29, 0.717) is 5.92 Å². The first-order valence-corrected chi connectivity index (χ1v) is 10.6. The van der Waals surface area contributed by atoms with E-state index in [-0.39, 0.29) is 11.1 Å². The lowest BCUT2D eigenvalue weighted by molar-refractivity contribution is -0.144. The number of halogens is 1. The van der Waals surface area contributed by atoms with Gasteiger partial charge in [0, 0.05) is 5.70 Å². The summed E-state index contributed by atoms with van der Waals surface area (Å²) in [6.07, 6.45) is 5.78. The molecule has 0 aliphatic carbocycles. The Balaban J connectivity index is 0.000000713. The largest absolute Gasteiger partial charge is 0.492 e. The predicted octanol–water partition coefficient (Wildman–Crippen LogP) is 3.62. The average molecular weight is 449 g/mol. The first-order valence-electron chi connectivity index (χ1n) is 9.65. The maximum atomic E-state index is 9.98. The molecule has 0 radical (unpaired) electrons. The summed E-state index contributed by atoms with van der Waals surface area (Å²) in [5, 5.41) is 23.5. The number of aliphatic hydroxyl groups excluding tert-OH is 1. The summed E-state index contributed by atoms with van der Waals surface area (Å²) in [6, 6.07) is 0. The second-order valence-electron chi connectivity index (χ2n) is 7.30. The highest BCUT2D eigenvalue weighted by molar-refractivity contribution is 9.09. The molecule has 0 amide bonds.